The summed E-state index contributed by atoms with van der Waals surface area (Å²) >= 11 is 5.94. The van der Waals surface area contributed by atoms with Crippen molar-refractivity contribution in [1.82, 2.24) is 15.1 Å². The highest BCUT2D eigenvalue weighted by molar-refractivity contribution is 6.30. The fourth-order valence-electron chi connectivity index (χ4n) is 3.73. The summed E-state index contributed by atoms with van der Waals surface area (Å²) in [6.07, 6.45) is 6.50. The Morgan fingerprint density at radius 1 is 0.913 bits per heavy atom. The lowest BCUT2D eigenvalue weighted by molar-refractivity contribution is 0.196. The van der Waals surface area contributed by atoms with E-state index in [-0.39, 0.29) is 0 Å². The van der Waals surface area contributed by atoms with Crippen LogP contribution in [0.4, 0.5) is 0 Å². The monoisotopic (exact) mass is 335 g/mol. The fourth-order valence-corrected chi connectivity index (χ4v) is 3.86. The van der Waals surface area contributed by atoms with Crippen molar-refractivity contribution in [1.29, 1.82) is 0 Å². The van der Waals surface area contributed by atoms with E-state index < -0.39 is 0 Å². The maximum atomic E-state index is 5.94. The lowest BCUT2D eigenvalue weighted by atomic mass is 10.0. The molecule has 1 aromatic carbocycles. The van der Waals surface area contributed by atoms with Crippen molar-refractivity contribution in [3.63, 3.8) is 0 Å². The van der Waals surface area contributed by atoms with Crippen molar-refractivity contribution in [3.8, 4) is 0 Å². The predicted molar refractivity (Wildman–Crippen MR) is 98.3 cm³/mol. The lowest BCUT2D eigenvalue weighted by Crippen LogP contribution is -2.44. The number of hydrogen-bond acceptors (Lipinski definition) is 3. The molecule has 0 aromatic heterocycles. The van der Waals surface area contributed by atoms with Crippen LogP contribution in [0.25, 0.3) is 0 Å². The number of hydrogen-bond donors (Lipinski definition) is 1. The summed E-state index contributed by atoms with van der Waals surface area (Å²) in [5, 5.41) is 4.59. The number of rotatable bonds is 7. The third-order valence-corrected chi connectivity index (χ3v) is 5.53. The molecule has 0 bridgehead atoms. The van der Waals surface area contributed by atoms with E-state index in [0.717, 1.165) is 24.0 Å². The topological polar surface area (TPSA) is 18.5 Å². The Hall–Kier alpha value is -0.610. The summed E-state index contributed by atoms with van der Waals surface area (Å²) in [6.45, 7) is 8.65. The Labute approximate surface area is 146 Å². The molecule has 0 spiro atoms. The van der Waals surface area contributed by atoms with Crippen LogP contribution in [0, 0.1) is 0 Å². The molecular weight excluding hydrogens is 306 g/mol. The molecule has 2 fully saturated rings. The summed E-state index contributed by atoms with van der Waals surface area (Å²) in [4.78, 5) is 5.20. The second-order valence-electron chi connectivity index (χ2n) is 7.00. The molecule has 0 aliphatic carbocycles. The summed E-state index contributed by atoms with van der Waals surface area (Å²) < 4.78 is 0. The van der Waals surface area contributed by atoms with E-state index in [4.69, 9.17) is 11.6 Å². The first-order valence-electron chi connectivity index (χ1n) is 9.22. The smallest absolute Gasteiger partial charge is 0.0406 e. The zero-order chi connectivity index (χ0) is 15.9. The van der Waals surface area contributed by atoms with Crippen LogP contribution in [-0.2, 0) is 6.42 Å². The van der Waals surface area contributed by atoms with Gasteiger partial charge in [-0.2, -0.15) is 0 Å². The number of nitrogens with one attached hydrogen (secondary N) is 1. The van der Waals surface area contributed by atoms with Gasteiger partial charge < -0.3 is 15.1 Å². The highest BCUT2D eigenvalue weighted by Gasteiger charge is 2.19. The molecule has 0 atom stereocenters. The minimum atomic E-state index is 0.726. The van der Waals surface area contributed by atoms with E-state index in [1.165, 1.54) is 70.5 Å². The zero-order valence-electron chi connectivity index (χ0n) is 14.1. The van der Waals surface area contributed by atoms with Gasteiger partial charge in [0, 0.05) is 30.7 Å². The minimum absolute atomic E-state index is 0.726. The molecule has 4 heteroatoms. The number of halogens is 1. The van der Waals surface area contributed by atoms with E-state index in [1.807, 2.05) is 12.1 Å². The molecule has 3 nitrogen and oxygen atoms in total. The van der Waals surface area contributed by atoms with E-state index >= 15 is 0 Å². The third-order valence-electron chi connectivity index (χ3n) is 5.28. The van der Waals surface area contributed by atoms with E-state index in [1.54, 1.807) is 0 Å². The van der Waals surface area contributed by atoms with Gasteiger partial charge in [-0.05, 0) is 76.0 Å². The van der Waals surface area contributed by atoms with Crippen molar-refractivity contribution >= 4 is 11.6 Å². The summed E-state index contributed by atoms with van der Waals surface area (Å²) in [5.74, 6) is 0. The maximum absolute atomic E-state index is 5.94. The van der Waals surface area contributed by atoms with Crippen LogP contribution < -0.4 is 5.32 Å². The number of benzene rings is 1. The fraction of sp³-hybridized carbons (Fsp3) is 0.684. The van der Waals surface area contributed by atoms with Gasteiger partial charge in [0.05, 0.1) is 0 Å². The second kappa shape index (κ2) is 9.03. The molecule has 1 aromatic rings. The zero-order valence-corrected chi connectivity index (χ0v) is 14.9. The van der Waals surface area contributed by atoms with Gasteiger partial charge in [-0.25, -0.2) is 0 Å². The Kier molecular flexibility index (Phi) is 6.76. The Morgan fingerprint density at radius 2 is 1.57 bits per heavy atom. The van der Waals surface area contributed by atoms with Crippen LogP contribution in [0.5, 0.6) is 0 Å². The molecule has 0 amide bonds. The number of likely N-dealkylation sites (tertiary alicyclic amines) is 2. The third kappa shape index (κ3) is 5.75. The molecule has 1 N–H and O–H groups in total. The van der Waals surface area contributed by atoms with Crippen molar-refractivity contribution in [3.05, 3.63) is 34.9 Å². The molecule has 2 aliphatic rings. The summed E-state index contributed by atoms with van der Waals surface area (Å²) in [5.41, 5.74) is 1.39. The van der Waals surface area contributed by atoms with Gasteiger partial charge in [0.2, 0.25) is 0 Å². The van der Waals surface area contributed by atoms with Crippen LogP contribution in [0.1, 0.15) is 31.2 Å². The van der Waals surface area contributed by atoms with Crippen molar-refractivity contribution in [2.24, 2.45) is 0 Å². The Balaban J connectivity index is 1.28. The van der Waals surface area contributed by atoms with Crippen LogP contribution in [0.3, 0.4) is 0 Å². The summed E-state index contributed by atoms with van der Waals surface area (Å²) in [6, 6.07) is 9.01. The molecular formula is C19H30ClN3. The van der Waals surface area contributed by atoms with Crippen molar-refractivity contribution in [2.45, 2.75) is 38.1 Å². The maximum Gasteiger partial charge on any atom is 0.0406 e. The van der Waals surface area contributed by atoms with Gasteiger partial charge >= 0.3 is 0 Å². The van der Waals surface area contributed by atoms with Gasteiger partial charge in [-0.1, -0.05) is 23.7 Å². The molecule has 2 saturated heterocycles. The lowest BCUT2D eigenvalue weighted by Gasteiger charge is -2.32. The van der Waals surface area contributed by atoms with Crippen molar-refractivity contribution < 1.29 is 0 Å². The van der Waals surface area contributed by atoms with Gasteiger partial charge in [0.1, 0.15) is 0 Å². The first-order chi connectivity index (χ1) is 11.3. The molecule has 0 saturated carbocycles. The molecule has 0 unspecified atom stereocenters. The molecule has 0 radical (unpaired) electrons. The van der Waals surface area contributed by atoms with Crippen LogP contribution >= 0.6 is 11.6 Å². The molecule has 2 heterocycles. The second-order valence-corrected chi connectivity index (χ2v) is 7.43. The van der Waals surface area contributed by atoms with Crippen LogP contribution in [0.15, 0.2) is 24.3 Å². The van der Waals surface area contributed by atoms with Gasteiger partial charge in [0.25, 0.3) is 0 Å². The first-order valence-corrected chi connectivity index (χ1v) is 9.60. The SMILES string of the molecule is Clc1ccc(CCN2CCC(NCCN3CCCC3)CC2)cc1. The van der Waals surface area contributed by atoms with Crippen LogP contribution in [-0.4, -0.2) is 61.7 Å². The standard InChI is InChI=1S/C19H30ClN3/c20-18-5-3-17(4-6-18)7-13-23-14-8-19(9-15-23)21-10-16-22-11-1-2-12-22/h3-6,19,21H,1-2,7-16H2. The van der Waals surface area contributed by atoms with Crippen molar-refractivity contribution in [2.75, 3.05) is 45.8 Å². The molecule has 2 aliphatic heterocycles. The van der Waals surface area contributed by atoms with Gasteiger partial charge in [0.15, 0.2) is 0 Å². The number of nitrogens with zero attached hydrogens (tertiary/aromatic N) is 2. The highest BCUT2D eigenvalue weighted by Crippen LogP contribution is 2.13. The number of piperidine rings is 1. The Bertz CT molecular complexity index is 448. The van der Waals surface area contributed by atoms with E-state index in [9.17, 15) is 0 Å². The average molecular weight is 336 g/mol. The van der Waals surface area contributed by atoms with Gasteiger partial charge in [-0.3, -0.25) is 0 Å². The quantitative estimate of drug-likeness (QED) is 0.826. The molecule has 3 rings (SSSR count). The highest BCUT2D eigenvalue weighted by atomic mass is 35.5. The van der Waals surface area contributed by atoms with Crippen LogP contribution in [0.2, 0.25) is 5.02 Å². The first kappa shape index (κ1) is 17.2. The molecule has 23 heavy (non-hydrogen) atoms. The minimum Gasteiger partial charge on any atom is -0.313 e. The molecule has 128 valence electrons. The van der Waals surface area contributed by atoms with E-state index in [2.05, 4.69) is 27.2 Å². The van der Waals surface area contributed by atoms with E-state index in [0.29, 0.717) is 0 Å². The van der Waals surface area contributed by atoms with Gasteiger partial charge in [-0.15, -0.1) is 0 Å². The largest absolute Gasteiger partial charge is 0.313 e. The average Bonchev–Trinajstić information content (AvgIpc) is 3.09. The Morgan fingerprint density at radius 3 is 2.26 bits per heavy atom. The predicted octanol–water partition coefficient (Wildman–Crippen LogP) is 3.03. The summed E-state index contributed by atoms with van der Waals surface area (Å²) in [7, 11) is 0. The normalized spacial score (nSPS) is 21.1.